The monoisotopic (exact) mass is 472 g/mol. The third kappa shape index (κ3) is 6.21. The molecule has 0 unspecified atom stereocenters. The van der Waals surface area contributed by atoms with Gasteiger partial charge in [-0.1, -0.05) is 30.3 Å². The van der Waals surface area contributed by atoms with E-state index in [1.54, 1.807) is 16.9 Å². The molecule has 2 heterocycles. The first-order valence-corrected chi connectivity index (χ1v) is 11.4. The Hall–Kier alpha value is -4.24. The molecule has 2 amide bonds. The van der Waals surface area contributed by atoms with Gasteiger partial charge < -0.3 is 10.4 Å². The van der Waals surface area contributed by atoms with Crippen molar-refractivity contribution in [2.75, 3.05) is 18.5 Å². The van der Waals surface area contributed by atoms with Crippen LogP contribution >= 0.6 is 0 Å². The SMILES string of the molecule is Cn1cc(-c2cccc(C(=O)Nc3nc(CCCC(=O)NCCO)cn3-c3ccccc3)c2)cn1. The number of aryl methyl sites for hydroxylation is 2. The van der Waals surface area contributed by atoms with Crippen LogP contribution in [0.5, 0.6) is 0 Å². The molecule has 0 atom stereocenters. The summed E-state index contributed by atoms with van der Waals surface area (Å²) in [6.45, 7) is 0.168. The molecule has 2 aromatic heterocycles. The highest BCUT2D eigenvalue weighted by Gasteiger charge is 2.15. The minimum absolute atomic E-state index is 0.0819. The second-order valence-electron chi connectivity index (χ2n) is 8.13. The topological polar surface area (TPSA) is 114 Å². The number of para-hydroxylation sites is 1. The maximum atomic E-state index is 13.1. The average molecular weight is 473 g/mol. The van der Waals surface area contributed by atoms with Crippen LogP contribution < -0.4 is 10.6 Å². The number of rotatable bonds is 10. The zero-order valence-electron chi connectivity index (χ0n) is 19.5. The standard InChI is InChI=1S/C26H28N6O3/c1-31-17-21(16-28-31)19-7-5-8-20(15-19)25(35)30-26-29-22(9-6-12-24(34)27-13-14-33)18-32(26)23-10-3-2-4-11-23/h2-5,7-8,10-11,15-18,33H,6,9,12-14H2,1H3,(H,27,34)(H,29,30,35). The Labute approximate surface area is 203 Å². The van der Waals surface area contributed by atoms with Crippen LogP contribution in [0.25, 0.3) is 16.8 Å². The molecule has 0 saturated heterocycles. The van der Waals surface area contributed by atoms with Gasteiger partial charge in [0.2, 0.25) is 11.9 Å². The summed E-state index contributed by atoms with van der Waals surface area (Å²) in [5, 5.41) is 18.6. The zero-order chi connectivity index (χ0) is 24.6. The quantitative estimate of drug-likeness (QED) is 0.328. The summed E-state index contributed by atoms with van der Waals surface area (Å²) >= 11 is 0. The fourth-order valence-electron chi connectivity index (χ4n) is 3.72. The van der Waals surface area contributed by atoms with E-state index in [1.165, 1.54) is 0 Å². The van der Waals surface area contributed by atoms with Crippen LogP contribution in [0.4, 0.5) is 5.95 Å². The highest BCUT2D eigenvalue weighted by Crippen LogP contribution is 2.22. The number of hydrogen-bond donors (Lipinski definition) is 3. The van der Waals surface area contributed by atoms with Crippen molar-refractivity contribution >= 4 is 17.8 Å². The molecular formula is C26H28N6O3. The largest absolute Gasteiger partial charge is 0.395 e. The average Bonchev–Trinajstić information content (AvgIpc) is 3.49. The first-order chi connectivity index (χ1) is 17.0. The molecule has 4 aromatic rings. The number of imidazole rings is 1. The predicted octanol–water partition coefficient (Wildman–Crippen LogP) is 2.96. The highest BCUT2D eigenvalue weighted by molar-refractivity contribution is 6.04. The molecule has 9 heteroatoms. The molecule has 9 nitrogen and oxygen atoms in total. The number of nitrogens with one attached hydrogen (secondary N) is 2. The number of nitrogens with zero attached hydrogens (tertiary/aromatic N) is 4. The van der Waals surface area contributed by atoms with E-state index >= 15 is 0 Å². The van der Waals surface area contributed by atoms with E-state index < -0.39 is 0 Å². The van der Waals surface area contributed by atoms with Crippen LogP contribution in [-0.4, -0.2) is 49.4 Å². The van der Waals surface area contributed by atoms with Gasteiger partial charge in [0.05, 0.1) is 18.5 Å². The fourth-order valence-corrected chi connectivity index (χ4v) is 3.72. The van der Waals surface area contributed by atoms with E-state index in [1.807, 2.05) is 72.5 Å². The molecule has 0 aliphatic carbocycles. The van der Waals surface area contributed by atoms with Crippen molar-refractivity contribution in [3.05, 3.63) is 84.4 Å². The van der Waals surface area contributed by atoms with Gasteiger partial charge in [-0.05, 0) is 42.7 Å². The molecule has 0 aliphatic heterocycles. The molecule has 0 aliphatic rings. The molecule has 0 saturated carbocycles. The lowest BCUT2D eigenvalue weighted by Crippen LogP contribution is -2.26. The molecule has 0 radical (unpaired) electrons. The zero-order valence-corrected chi connectivity index (χ0v) is 19.5. The van der Waals surface area contributed by atoms with Crippen molar-refractivity contribution in [3.63, 3.8) is 0 Å². The number of hydrogen-bond acceptors (Lipinski definition) is 5. The molecule has 4 rings (SSSR count). The lowest BCUT2D eigenvalue weighted by atomic mass is 10.1. The first kappa shape index (κ1) is 23.9. The summed E-state index contributed by atoms with van der Waals surface area (Å²) in [5.74, 6) is 0.0322. The Morgan fingerprint density at radius 1 is 1.03 bits per heavy atom. The highest BCUT2D eigenvalue weighted by atomic mass is 16.3. The van der Waals surface area contributed by atoms with Crippen molar-refractivity contribution in [2.24, 2.45) is 7.05 Å². The Balaban J connectivity index is 1.52. The summed E-state index contributed by atoms with van der Waals surface area (Å²) in [5.41, 5.74) is 3.97. The van der Waals surface area contributed by atoms with Crippen molar-refractivity contribution in [1.82, 2.24) is 24.6 Å². The van der Waals surface area contributed by atoms with Gasteiger partial charge in [-0.15, -0.1) is 0 Å². The molecule has 0 bridgehead atoms. The Kier molecular flexibility index (Phi) is 7.69. The van der Waals surface area contributed by atoms with Gasteiger partial charge in [-0.2, -0.15) is 5.10 Å². The number of amides is 2. The van der Waals surface area contributed by atoms with Gasteiger partial charge in [-0.3, -0.25) is 24.2 Å². The maximum absolute atomic E-state index is 13.1. The van der Waals surface area contributed by atoms with Crippen LogP contribution in [0, 0.1) is 0 Å². The number of aromatic nitrogens is 4. The second kappa shape index (κ2) is 11.3. The Morgan fingerprint density at radius 3 is 2.60 bits per heavy atom. The third-order valence-electron chi connectivity index (χ3n) is 5.45. The fraction of sp³-hybridized carbons (Fsp3) is 0.231. The van der Waals surface area contributed by atoms with Gasteiger partial charge in [0.15, 0.2) is 0 Å². The smallest absolute Gasteiger partial charge is 0.258 e. The molecule has 35 heavy (non-hydrogen) atoms. The Morgan fingerprint density at radius 2 is 1.86 bits per heavy atom. The predicted molar refractivity (Wildman–Crippen MR) is 133 cm³/mol. The van der Waals surface area contributed by atoms with Crippen LogP contribution in [0.15, 0.2) is 73.2 Å². The normalized spacial score (nSPS) is 10.8. The van der Waals surface area contributed by atoms with Crippen molar-refractivity contribution < 1.29 is 14.7 Å². The van der Waals surface area contributed by atoms with E-state index in [4.69, 9.17) is 5.11 Å². The summed E-state index contributed by atoms with van der Waals surface area (Å²) in [7, 11) is 1.85. The van der Waals surface area contributed by atoms with Crippen LogP contribution in [0.3, 0.4) is 0 Å². The summed E-state index contributed by atoms with van der Waals surface area (Å²) in [6, 6.07) is 17.0. The number of carbonyl (C=O) groups excluding carboxylic acids is 2. The number of aliphatic hydroxyl groups is 1. The maximum Gasteiger partial charge on any atom is 0.258 e. The molecule has 180 valence electrons. The van der Waals surface area contributed by atoms with Gasteiger partial charge in [0.1, 0.15) is 0 Å². The van der Waals surface area contributed by atoms with Crippen LogP contribution in [-0.2, 0) is 18.3 Å². The van der Waals surface area contributed by atoms with E-state index in [0.29, 0.717) is 30.8 Å². The molecule has 3 N–H and O–H groups in total. The molecule has 0 fully saturated rings. The van der Waals surface area contributed by atoms with E-state index in [9.17, 15) is 9.59 Å². The molecule has 0 spiro atoms. The van der Waals surface area contributed by atoms with Gasteiger partial charge in [0, 0.05) is 49.2 Å². The minimum atomic E-state index is -0.270. The van der Waals surface area contributed by atoms with Gasteiger partial charge in [-0.25, -0.2) is 4.98 Å². The third-order valence-corrected chi connectivity index (χ3v) is 5.45. The minimum Gasteiger partial charge on any atom is -0.395 e. The van der Waals surface area contributed by atoms with E-state index in [2.05, 4.69) is 20.7 Å². The van der Waals surface area contributed by atoms with Crippen molar-refractivity contribution in [2.45, 2.75) is 19.3 Å². The lowest BCUT2D eigenvalue weighted by molar-refractivity contribution is -0.121. The summed E-state index contributed by atoms with van der Waals surface area (Å²) in [6.07, 6.45) is 7.05. The number of aliphatic hydroxyl groups excluding tert-OH is 1. The second-order valence-corrected chi connectivity index (χ2v) is 8.13. The van der Waals surface area contributed by atoms with Crippen LogP contribution in [0.1, 0.15) is 28.9 Å². The molecular weight excluding hydrogens is 444 g/mol. The van der Waals surface area contributed by atoms with Gasteiger partial charge >= 0.3 is 0 Å². The van der Waals surface area contributed by atoms with Crippen LogP contribution in [0.2, 0.25) is 0 Å². The number of anilines is 1. The lowest BCUT2D eigenvalue weighted by Gasteiger charge is -2.09. The number of benzene rings is 2. The van der Waals surface area contributed by atoms with E-state index in [0.717, 1.165) is 22.5 Å². The summed E-state index contributed by atoms with van der Waals surface area (Å²) in [4.78, 5) is 29.6. The van der Waals surface area contributed by atoms with Crippen molar-refractivity contribution in [3.8, 4) is 16.8 Å². The Bertz CT molecular complexity index is 1300. The first-order valence-electron chi connectivity index (χ1n) is 11.4. The summed E-state index contributed by atoms with van der Waals surface area (Å²) < 4.78 is 3.56. The molecule has 2 aromatic carbocycles. The van der Waals surface area contributed by atoms with Gasteiger partial charge in [0.25, 0.3) is 5.91 Å². The number of carbonyl (C=O) groups is 2. The van der Waals surface area contributed by atoms with E-state index in [-0.39, 0.29) is 25.0 Å². The van der Waals surface area contributed by atoms with Crippen molar-refractivity contribution in [1.29, 1.82) is 0 Å².